The van der Waals surface area contributed by atoms with Crippen LogP contribution in [0.4, 0.5) is 5.13 Å². The van der Waals surface area contributed by atoms with Gasteiger partial charge in [-0.25, -0.2) is 13.4 Å². The fourth-order valence-corrected chi connectivity index (χ4v) is 6.92. The van der Waals surface area contributed by atoms with Crippen molar-refractivity contribution in [1.82, 2.24) is 14.3 Å². The Morgan fingerprint density at radius 1 is 1.12 bits per heavy atom. The van der Waals surface area contributed by atoms with E-state index in [1.54, 1.807) is 12.1 Å². The Balaban J connectivity index is 1.45. The molecule has 1 fully saturated rings. The van der Waals surface area contributed by atoms with Gasteiger partial charge in [-0.05, 0) is 42.9 Å². The first-order chi connectivity index (χ1) is 16.4. The molecule has 3 heterocycles. The minimum absolute atomic E-state index is 0.167. The summed E-state index contributed by atoms with van der Waals surface area (Å²) in [6.45, 7) is 6.23. The van der Waals surface area contributed by atoms with Crippen LogP contribution in [0.5, 0.6) is 5.75 Å². The number of sulfonamides is 1. The van der Waals surface area contributed by atoms with Gasteiger partial charge in [0.25, 0.3) is 10.0 Å². The molecule has 1 aromatic heterocycles. The average Bonchev–Trinajstić information content (AvgIpc) is 3.36. The number of rotatable bonds is 6. The maximum absolute atomic E-state index is 12.9. The number of hydrogen-bond donors (Lipinski definition) is 1. The predicted octanol–water partition coefficient (Wildman–Crippen LogP) is 5.27. The molecular weight excluding hydrogens is 468 g/mol. The third kappa shape index (κ3) is 4.69. The smallest absolute Gasteiger partial charge is 0.263 e. The Bertz CT molecular complexity index is 1220. The van der Waals surface area contributed by atoms with Crippen LogP contribution in [-0.2, 0) is 10.0 Å². The number of nitrogens with zero attached hydrogens (tertiary/aromatic N) is 3. The Morgan fingerprint density at radius 2 is 1.94 bits per heavy atom. The van der Waals surface area contributed by atoms with Crippen LogP contribution in [0, 0.1) is 11.8 Å². The number of nitrogens with one attached hydrogen (secondary N) is 1. The van der Waals surface area contributed by atoms with Gasteiger partial charge in [0.1, 0.15) is 12.1 Å². The Morgan fingerprint density at radius 3 is 2.68 bits per heavy atom. The minimum Gasteiger partial charge on any atom is -0.493 e. The Hall–Kier alpha value is -2.49. The summed E-state index contributed by atoms with van der Waals surface area (Å²) in [5, 5.41) is 0.246. The van der Waals surface area contributed by atoms with Crippen LogP contribution in [0.1, 0.15) is 56.3 Å². The lowest BCUT2D eigenvalue weighted by Gasteiger charge is -2.46. The SMILES string of the molecule is CC(C)[C@H]1CCN([C@H]2CCOc3cc(S(=O)(=O)Nc4ncns4)ccc32)[C@@H](c2ccccc2)C1. The van der Waals surface area contributed by atoms with Crippen LogP contribution >= 0.6 is 11.5 Å². The summed E-state index contributed by atoms with van der Waals surface area (Å²) in [5.74, 6) is 2.00. The average molecular weight is 499 g/mol. The number of fused-ring (bicyclic) bond motifs is 1. The molecule has 2 aliphatic heterocycles. The van der Waals surface area contributed by atoms with Crippen LogP contribution < -0.4 is 9.46 Å². The topological polar surface area (TPSA) is 84.4 Å². The summed E-state index contributed by atoms with van der Waals surface area (Å²) in [6, 6.07) is 16.5. The number of likely N-dealkylation sites (tertiary alicyclic amines) is 1. The second-order valence-electron chi connectivity index (χ2n) is 9.40. The summed E-state index contributed by atoms with van der Waals surface area (Å²) in [5.41, 5.74) is 2.41. The summed E-state index contributed by atoms with van der Waals surface area (Å²) >= 11 is 1.00. The van der Waals surface area contributed by atoms with Gasteiger partial charge >= 0.3 is 0 Å². The van der Waals surface area contributed by atoms with E-state index in [1.807, 2.05) is 6.07 Å². The maximum atomic E-state index is 12.9. The number of ether oxygens (including phenoxy) is 1. The lowest BCUT2D eigenvalue weighted by atomic mass is 9.79. The highest BCUT2D eigenvalue weighted by atomic mass is 32.2. The number of piperidine rings is 1. The van der Waals surface area contributed by atoms with Crippen LogP contribution in [0.2, 0.25) is 0 Å². The second-order valence-corrected chi connectivity index (χ2v) is 11.9. The molecule has 0 unspecified atom stereocenters. The Labute approximate surface area is 205 Å². The summed E-state index contributed by atoms with van der Waals surface area (Å²) in [6.07, 6.45) is 4.52. The number of anilines is 1. The highest BCUT2D eigenvalue weighted by molar-refractivity contribution is 7.93. The third-order valence-corrected chi connectivity index (χ3v) is 9.14. The fraction of sp³-hybridized carbons (Fsp3) is 0.440. The van der Waals surface area contributed by atoms with E-state index in [2.05, 4.69) is 63.2 Å². The molecule has 34 heavy (non-hydrogen) atoms. The van der Waals surface area contributed by atoms with Gasteiger partial charge in [0.15, 0.2) is 0 Å². The molecule has 180 valence electrons. The monoisotopic (exact) mass is 498 g/mol. The predicted molar refractivity (Wildman–Crippen MR) is 133 cm³/mol. The van der Waals surface area contributed by atoms with Crippen molar-refractivity contribution in [3.05, 3.63) is 66.0 Å². The zero-order valence-electron chi connectivity index (χ0n) is 19.4. The molecule has 0 spiro atoms. The lowest BCUT2D eigenvalue weighted by Crippen LogP contribution is -2.42. The first kappa shape index (κ1) is 23.3. The van der Waals surface area contributed by atoms with E-state index in [-0.39, 0.29) is 16.1 Å². The highest BCUT2D eigenvalue weighted by Gasteiger charge is 2.38. The molecule has 9 heteroatoms. The van der Waals surface area contributed by atoms with Gasteiger partial charge in [-0.3, -0.25) is 9.62 Å². The first-order valence-electron chi connectivity index (χ1n) is 11.8. The fourth-order valence-electron chi connectivity index (χ4n) is 5.25. The standard InChI is InChI=1S/C25H30N4O3S2/c1-17(2)19-10-12-29(23(14-19)18-6-4-3-5-7-18)22-11-13-32-24-15-20(8-9-21(22)24)34(30,31)28-25-26-16-27-33-25/h3-9,15-17,19,22-23H,10-14H2,1-2H3,(H,26,27,28)/t19-,22-,23+/m0/s1. The molecule has 3 atom stereocenters. The van der Waals surface area contributed by atoms with Gasteiger partial charge in [0.2, 0.25) is 5.13 Å². The van der Waals surface area contributed by atoms with Gasteiger partial charge < -0.3 is 4.74 Å². The van der Waals surface area contributed by atoms with E-state index < -0.39 is 10.0 Å². The quantitative estimate of drug-likeness (QED) is 0.498. The van der Waals surface area contributed by atoms with E-state index in [9.17, 15) is 8.42 Å². The Kier molecular flexibility index (Phi) is 6.59. The van der Waals surface area contributed by atoms with E-state index in [1.165, 1.54) is 18.3 Å². The van der Waals surface area contributed by atoms with Gasteiger partial charge in [0.05, 0.1) is 11.5 Å². The van der Waals surface area contributed by atoms with Crippen molar-refractivity contribution < 1.29 is 13.2 Å². The van der Waals surface area contributed by atoms with Crippen LogP contribution in [-0.4, -0.2) is 35.8 Å². The van der Waals surface area contributed by atoms with Crippen LogP contribution in [0.25, 0.3) is 0 Å². The molecular formula is C25H30N4O3S2. The molecule has 0 bridgehead atoms. The van der Waals surface area contributed by atoms with Crippen molar-refractivity contribution >= 4 is 26.7 Å². The van der Waals surface area contributed by atoms with Gasteiger partial charge in [-0.1, -0.05) is 50.2 Å². The molecule has 2 aromatic carbocycles. The largest absolute Gasteiger partial charge is 0.493 e. The summed E-state index contributed by atoms with van der Waals surface area (Å²) in [7, 11) is -3.77. The zero-order valence-corrected chi connectivity index (χ0v) is 21.1. The zero-order chi connectivity index (χ0) is 23.7. The molecule has 7 nitrogen and oxygen atoms in total. The molecule has 0 saturated carbocycles. The van der Waals surface area contributed by atoms with Crippen LogP contribution in [0.3, 0.4) is 0 Å². The van der Waals surface area contributed by atoms with Gasteiger partial charge in [0, 0.05) is 41.7 Å². The van der Waals surface area contributed by atoms with E-state index in [0.29, 0.717) is 30.2 Å². The summed E-state index contributed by atoms with van der Waals surface area (Å²) < 4.78 is 38.1. The number of benzene rings is 2. The first-order valence-corrected chi connectivity index (χ1v) is 14.0. The molecule has 0 amide bonds. The van der Waals surface area contributed by atoms with Crippen molar-refractivity contribution in [3.63, 3.8) is 0 Å². The van der Waals surface area contributed by atoms with Gasteiger partial charge in [-0.2, -0.15) is 4.37 Å². The van der Waals surface area contributed by atoms with Crippen molar-refractivity contribution in [2.24, 2.45) is 11.8 Å². The normalized spacial score (nSPS) is 23.3. The van der Waals surface area contributed by atoms with Crippen molar-refractivity contribution in [3.8, 4) is 5.75 Å². The highest BCUT2D eigenvalue weighted by Crippen LogP contribution is 2.46. The molecule has 1 saturated heterocycles. The van der Waals surface area contributed by atoms with E-state index in [4.69, 9.17) is 4.74 Å². The molecule has 3 aromatic rings. The number of aromatic nitrogens is 2. The van der Waals surface area contributed by atoms with Gasteiger partial charge in [-0.15, -0.1) is 0 Å². The third-order valence-electron chi connectivity index (χ3n) is 7.10. The summed E-state index contributed by atoms with van der Waals surface area (Å²) in [4.78, 5) is 6.70. The molecule has 1 N–H and O–H groups in total. The van der Waals surface area contributed by atoms with Crippen molar-refractivity contribution in [2.45, 2.75) is 50.1 Å². The van der Waals surface area contributed by atoms with Crippen molar-refractivity contribution in [1.29, 1.82) is 0 Å². The lowest BCUT2D eigenvalue weighted by molar-refractivity contribution is 0.0346. The van der Waals surface area contributed by atoms with E-state index in [0.717, 1.165) is 36.5 Å². The molecule has 0 aliphatic carbocycles. The molecule has 0 radical (unpaired) electrons. The number of hydrogen-bond acceptors (Lipinski definition) is 7. The van der Waals surface area contributed by atoms with Crippen LogP contribution in [0.15, 0.2) is 59.8 Å². The molecule has 2 aliphatic rings. The maximum Gasteiger partial charge on any atom is 0.263 e. The second kappa shape index (κ2) is 9.64. The van der Waals surface area contributed by atoms with Crippen molar-refractivity contribution in [2.75, 3.05) is 17.9 Å². The minimum atomic E-state index is -3.77. The molecule has 5 rings (SSSR count). The van der Waals surface area contributed by atoms with E-state index >= 15 is 0 Å².